The van der Waals surface area contributed by atoms with Gasteiger partial charge in [0.15, 0.2) is 0 Å². The van der Waals surface area contributed by atoms with Gasteiger partial charge in [-0.05, 0) is 46.6 Å². The van der Waals surface area contributed by atoms with Crippen LogP contribution in [0.15, 0.2) is 40.0 Å². The lowest BCUT2D eigenvalue weighted by Crippen LogP contribution is -2.14. The van der Waals surface area contributed by atoms with Gasteiger partial charge >= 0.3 is 0 Å². The van der Waals surface area contributed by atoms with Crippen molar-refractivity contribution in [3.8, 4) is 0 Å². The lowest BCUT2D eigenvalue weighted by Gasteiger charge is -2.08. The minimum Gasteiger partial charge on any atom is -0.263 e. The third-order valence-corrected chi connectivity index (χ3v) is 4.68. The third-order valence-electron chi connectivity index (χ3n) is 2.29. The number of nitrogens with one attached hydrogen (secondary N) is 1. The molecule has 8 heteroatoms. The zero-order valence-corrected chi connectivity index (χ0v) is 12.9. The number of hydrogen-bond acceptors (Lipinski definition) is 4. The number of pyridine rings is 2. The van der Waals surface area contributed by atoms with Crippen LogP contribution in [0.5, 0.6) is 0 Å². The van der Waals surface area contributed by atoms with Crippen molar-refractivity contribution in [2.24, 2.45) is 0 Å². The molecule has 2 aromatic rings. The molecule has 0 unspecified atom stereocenters. The second-order valence-corrected chi connectivity index (χ2v) is 6.66. The van der Waals surface area contributed by atoms with Crippen LogP contribution >= 0.6 is 27.5 Å². The second-order valence-electron chi connectivity index (χ2n) is 3.74. The molecule has 0 bridgehead atoms. The maximum absolute atomic E-state index is 12.1. The summed E-state index contributed by atoms with van der Waals surface area (Å²) in [7, 11) is -3.72. The summed E-state index contributed by atoms with van der Waals surface area (Å²) < 4.78 is 27.4. The topological polar surface area (TPSA) is 72.0 Å². The lowest BCUT2D eigenvalue weighted by molar-refractivity contribution is 0.601. The first kappa shape index (κ1) is 14.2. The highest BCUT2D eigenvalue weighted by Crippen LogP contribution is 2.20. The van der Waals surface area contributed by atoms with E-state index in [-0.39, 0.29) is 15.9 Å². The van der Waals surface area contributed by atoms with Crippen molar-refractivity contribution in [3.63, 3.8) is 0 Å². The minimum absolute atomic E-state index is 0.0369. The Morgan fingerprint density at radius 3 is 2.68 bits per heavy atom. The zero-order chi connectivity index (χ0) is 14.0. The molecule has 2 rings (SSSR count). The van der Waals surface area contributed by atoms with Crippen LogP contribution in [0, 0.1) is 6.92 Å². The van der Waals surface area contributed by atoms with E-state index in [2.05, 4.69) is 30.6 Å². The normalized spacial score (nSPS) is 11.3. The molecule has 19 heavy (non-hydrogen) atoms. The molecule has 0 radical (unpaired) electrons. The molecule has 0 aliphatic carbocycles. The summed E-state index contributed by atoms with van der Waals surface area (Å²) in [6.07, 6.45) is 2.86. The highest BCUT2D eigenvalue weighted by Gasteiger charge is 2.15. The van der Waals surface area contributed by atoms with Gasteiger partial charge in [-0.3, -0.25) is 4.72 Å². The first-order chi connectivity index (χ1) is 8.88. The summed E-state index contributed by atoms with van der Waals surface area (Å²) in [4.78, 5) is 7.76. The SMILES string of the molecule is Cc1cc(NS(=O)(=O)c2ccnc(Cl)c2)ncc1Br. The van der Waals surface area contributed by atoms with Crippen LogP contribution < -0.4 is 4.72 Å². The lowest BCUT2D eigenvalue weighted by atomic mass is 10.3. The number of nitrogens with zero attached hydrogens (tertiary/aromatic N) is 2. The van der Waals surface area contributed by atoms with Crippen molar-refractivity contribution in [1.82, 2.24) is 9.97 Å². The molecule has 0 atom stereocenters. The van der Waals surface area contributed by atoms with Gasteiger partial charge in [0, 0.05) is 16.9 Å². The molecular formula is C11H9BrClN3O2S. The van der Waals surface area contributed by atoms with Crippen molar-refractivity contribution >= 4 is 43.4 Å². The molecule has 0 saturated heterocycles. The van der Waals surface area contributed by atoms with E-state index >= 15 is 0 Å². The van der Waals surface area contributed by atoms with Crippen molar-refractivity contribution in [2.45, 2.75) is 11.8 Å². The van der Waals surface area contributed by atoms with Crippen molar-refractivity contribution in [2.75, 3.05) is 4.72 Å². The van der Waals surface area contributed by atoms with Crippen molar-refractivity contribution in [1.29, 1.82) is 0 Å². The Labute approximate surface area is 124 Å². The van der Waals surface area contributed by atoms with Gasteiger partial charge in [0.25, 0.3) is 10.0 Å². The molecule has 0 aromatic carbocycles. The predicted molar refractivity (Wildman–Crippen MR) is 76.7 cm³/mol. The quantitative estimate of drug-likeness (QED) is 0.852. The van der Waals surface area contributed by atoms with E-state index in [1.807, 2.05) is 6.92 Å². The second kappa shape index (κ2) is 5.44. The Hall–Kier alpha value is -1.18. The molecular weight excluding hydrogens is 354 g/mol. The molecule has 100 valence electrons. The first-order valence-corrected chi connectivity index (χ1v) is 7.80. The zero-order valence-electron chi connectivity index (χ0n) is 9.76. The van der Waals surface area contributed by atoms with Crippen LogP contribution in [-0.2, 0) is 10.0 Å². The van der Waals surface area contributed by atoms with Gasteiger partial charge in [-0.25, -0.2) is 18.4 Å². The first-order valence-electron chi connectivity index (χ1n) is 5.15. The van der Waals surface area contributed by atoms with E-state index < -0.39 is 10.0 Å². The maximum Gasteiger partial charge on any atom is 0.263 e. The summed E-state index contributed by atoms with van der Waals surface area (Å²) in [6, 6.07) is 4.26. The third kappa shape index (κ3) is 3.43. The van der Waals surface area contributed by atoms with Crippen LogP contribution in [0.25, 0.3) is 0 Å². The van der Waals surface area contributed by atoms with Gasteiger partial charge in [0.05, 0.1) is 4.90 Å². The monoisotopic (exact) mass is 361 g/mol. The summed E-state index contributed by atoms with van der Waals surface area (Å²) >= 11 is 8.97. The Morgan fingerprint density at radius 2 is 2.05 bits per heavy atom. The predicted octanol–water partition coefficient (Wildman–Crippen LogP) is 3.00. The Morgan fingerprint density at radius 1 is 1.32 bits per heavy atom. The standard InChI is InChI=1S/C11H9BrClN3O2S/c1-7-4-11(15-6-9(7)12)16-19(17,18)8-2-3-14-10(13)5-8/h2-6H,1H3,(H,15,16). The van der Waals surface area contributed by atoms with Gasteiger partial charge in [-0.1, -0.05) is 11.6 Å². The van der Waals surface area contributed by atoms with Gasteiger partial charge in [-0.2, -0.15) is 0 Å². The van der Waals surface area contributed by atoms with Crippen LogP contribution in [-0.4, -0.2) is 18.4 Å². The molecule has 2 aromatic heterocycles. The fraction of sp³-hybridized carbons (Fsp3) is 0.0909. The van der Waals surface area contributed by atoms with Gasteiger partial charge < -0.3 is 0 Å². The van der Waals surface area contributed by atoms with E-state index in [0.29, 0.717) is 0 Å². The van der Waals surface area contributed by atoms with E-state index in [1.165, 1.54) is 24.5 Å². The Balaban J connectivity index is 2.33. The molecule has 0 spiro atoms. The van der Waals surface area contributed by atoms with Gasteiger partial charge in [0.1, 0.15) is 11.0 Å². The number of hydrogen-bond donors (Lipinski definition) is 1. The van der Waals surface area contributed by atoms with Crippen molar-refractivity contribution in [3.05, 3.63) is 45.8 Å². The van der Waals surface area contributed by atoms with Gasteiger partial charge in [-0.15, -0.1) is 0 Å². The summed E-state index contributed by atoms with van der Waals surface area (Å²) in [5.41, 5.74) is 0.875. The molecule has 0 saturated carbocycles. The van der Waals surface area contributed by atoms with Gasteiger partial charge in [0.2, 0.25) is 0 Å². The number of aryl methyl sites for hydroxylation is 1. The fourth-order valence-electron chi connectivity index (χ4n) is 1.34. The summed E-state index contributed by atoms with van der Waals surface area (Å²) in [5, 5.41) is 0.114. The van der Waals surface area contributed by atoms with Crippen LogP contribution in [0.1, 0.15) is 5.56 Å². The average Bonchev–Trinajstić information content (AvgIpc) is 2.33. The molecule has 1 N–H and O–H groups in total. The number of aromatic nitrogens is 2. The highest BCUT2D eigenvalue weighted by atomic mass is 79.9. The number of rotatable bonds is 3. The van der Waals surface area contributed by atoms with E-state index in [0.717, 1.165) is 10.0 Å². The molecule has 0 fully saturated rings. The molecule has 0 amide bonds. The minimum atomic E-state index is -3.72. The van der Waals surface area contributed by atoms with Crippen LogP contribution in [0.3, 0.4) is 0 Å². The van der Waals surface area contributed by atoms with E-state index in [9.17, 15) is 8.42 Å². The summed E-state index contributed by atoms with van der Waals surface area (Å²) in [6.45, 7) is 1.84. The Bertz CT molecular complexity index is 722. The largest absolute Gasteiger partial charge is 0.263 e. The fourth-order valence-corrected chi connectivity index (χ4v) is 2.81. The van der Waals surface area contributed by atoms with Crippen molar-refractivity contribution < 1.29 is 8.42 Å². The average molecular weight is 363 g/mol. The highest BCUT2D eigenvalue weighted by molar-refractivity contribution is 9.10. The number of anilines is 1. The van der Waals surface area contributed by atoms with E-state index in [1.54, 1.807) is 6.07 Å². The molecule has 2 heterocycles. The summed E-state index contributed by atoms with van der Waals surface area (Å²) in [5.74, 6) is 0.244. The van der Waals surface area contributed by atoms with E-state index in [4.69, 9.17) is 11.6 Å². The van der Waals surface area contributed by atoms with Crippen LogP contribution in [0.4, 0.5) is 5.82 Å². The number of halogens is 2. The molecule has 0 aliphatic rings. The maximum atomic E-state index is 12.1. The van der Waals surface area contributed by atoms with Crippen LogP contribution in [0.2, 0.25) is 5.15 Å². The smallest absolute Gasteiger partial charge is 0.263 e. The Kier molecular flexibility index (Phi) is 4.07. The number of sulfonamides is 1. The molecule has 0 aliphatic heterocycles. The molecule has 5 nitrogen and oxygen atoms in total.